The minimum absolute atomic E-state index is 0.0106. The summed E-state index contributed by atoms with van der Waals surface area (Å²) in [5.41, 5.74) is 9.00. The number of aromatic amines is 1. The highest BCUT2D eigenvalue weighted by Gasteiger charge is 2.13. The van der Waals surface area contributed by atoms with Crippen molar-refractivity contribution >= 4 is 40.0 Å². The largest absolute Gasteiger partial charge is 0.366 e. The van der Waals surface area contributed by atoms with Gasteiger partial charge in [0.2, 0.25) is 11.8 Å². The number of carbonyl (C=O) groups is 2. The monoisotopic (exact) mass is 422 g/mol. The number of nitrogens with one attached hydrogen (secondary N) is 2. The predicted molar refractivity (Wildman–Crippen MR) is 114 cm³/mol. The molecule has 0 unspecified atom stereocenters. The van der Waals surface area contributed by atoms with E-state index in [9.17, 15) is 14.0 Å². The minimum Gasteiger partial charge on any atom is -0.366 e. The first-order valence-corrected chi connectivity index (χ1v) is 9.40. The minimum atomic E-state index is -0.524. The molecule has 0 fully saturated rings. The summed E-state index contributed by atoms with van der Waals surface area (Å²) in [6.07, 6.45) is 0.0106. The van der Waals surface area contributed by atoms with Crippen LogP contribution in [0.2, 0.25) is 5.02 Å². The Labute approximate surface area is 175 Å². The SMILES string of the molecule is NC(=O)c1ccc2[nH]nc(-c3cccc(NC(=O)Cc4ccc(F)cc4Cl)c3)c2c1. The molecule has 0 saturated heterocycles. The average molecular weight is 423 g/mol. The molecule has 0 aliphatic carbocycles. The van der Waals surface area contributed by atoms with Crippen molar-refractivity contribution in [3.8, 4) is 11.3 Å². The topological polar surface area (TPSA) is 101 Å². The van der Waals surface area contributed by atoms with Crippen molar-refractivity contribution < 1.29 is 14.0 Å². The summed E-state index contributed by atoms with van der Waals surface area (Å²) < 4.78 is 13.2. The molecule has 0 saturated carbocycles. The number of nitrogens with two attached hydrogens (primary N) is 1. The third kappa shape index (κ3) is 4.01. The second-order valence-corrected chi connectivity index (χ2v) is 7.15. The molecule has 3 aromatic carbocycles. The number of primary amides is 1. The standard InChI is InChI=1S/C22H16ClFN4O2/c23-18-11-15(24)6-4-12(18)10-20(29)26-16-3-1-2-13(8-16)21-17-9-14(22(25)30)5-7-19(17)27-28-21/h1-9,11H,10H2,(H2,25,30)(H,26,29)(H,27,28). The summed E-state index contributed by atoms with van der Waals surface area (Å²) in [7, 11) is 0. The van der Waals surface area contributed by atoms with Crippen molar-refractivity contribution in [2.75, 3.05) is 5.32 Å². The van der Waals surface area contributed by atoms with E-state index in [-0.39, 0.29) is 17.4 Å². The zero-order valence-corrected chi connectivity index (χ0v) is 16.3. The normalized spacial score (nSPS) is 10.9. The number of hydrogen-bond donors (Lipinski definition) is 3. The van der Waals surface area contributed by atoms with E-state index in [2.05, 4.69) is 15.5 Å². The molecule has 4 N–H and O–H groups in total. The van der Waals surface area contributed by atoms with Gasteiger partial charge in [-0.15, -0.1) is 0 Å². The number of fused-ring (bicyclic) bond motifs is 1. The third-order valence-corrected chi connectivity index (χ3v) is 4.99. The van der Waals surface area contributed by atoms with Gasteiger partial charge in [-0.3, -0.25) is 14.7 Å². The van der Waals surface area contributed by atoms with Crippen LogP contribution in [0, 0.1) is 5.82 Å². The van der Waals surface area contributed by atoms with E-state index >= 15 is 0 Å². The maximum atomic E-state index is 13.2. The number of carbonyl (C=O) groups excluding carboxylic acids is 2. The Hall–Kier alpha value is -3.71. The van der Waals surface area contributed by atoms with Gasteiger partial charge in [-0.25, -0.2) is 4.39 Å². The van der Waals surface area contributed by atoms with Crippen LogP contribution in [0.25, 0.3) is 22.2 Å². The zero-order valence-electron chi connectivity index (χ0n) is 15.6. The Morgan fingerprint density at radius 2 is 1.93 bits per heavy atom. The summed E-state index contributed by atoms with van der Waals surface area (Å²) in [6.45, 7) is 0. The lowest BCUT2D eigenvalue weighted by atomic mass is 10.0. The summed E-state index contributed by atoms with van der Waals surface area (Å²) in [5.74, 6) is -1.27. The molecular weight excluding hydrogens is 407 g/mol. The molecule has 0 aliphatic heterocycles. The van der Waals surface area contributed by atoms with Gasteiger partial charge in [0.1, 0.15) is 5.82 Å². The van der Waals surface area contributed by atoms with Crippen LogP contribution in [0.3, 0.4) is 0 Å². The lowest BCUT2D eigenvalue weighted by molar-refractivity contribution is -0.115. The Morgan fingerprint density at radius 3 is 2.70 bits per heavy atom. The van der Waals surface area contributed by atoms with Crippen LogP contribution >= 0.6 is 11.6 Å². The first-order chi connectivity index (χ1) is 14.4. The van der Waals surface area contributed by atoms with Gasteiger partial charge in [-0.1, -0.05) is 29.8 Å². The number of benzene rings is 3. The van der Waals surface area contributed by atoms with Gasteiger partial charge >= 0.3 is 0 Å². The van der Waals surface area contributed by atoms with Gasteiger partial charge in [0.05, 0.1) is 17.6 Å². The van der Waals surface area contributed by atoms with E-state index in [4.69, 9.17) is 17.3 Å². The Morgan fingerprint density at radius 1 is 1.10 bits per heavy atom. The maximum absolute atomic E-state index is 13.2. The average Bonchev–Trinajstić information content (AvgIpc) is 3.13. The van der Waals surface area contributed by atoms with E-state index in [1.54, 1.807) is 36.4 Å². The number of aromatic nitrogens is 2. The maximum Gasteiger partial charge on any atom is 0.248 e. The summed E-state index contributed by atoms with van der Waals surface area (Å²) >= 11 is 6.00. The fourth-order valence-corrected chi connectivity index (χ4v) is 3.41. The van der Waals surface area contributed by atoms with Crippen molar-refractivity contribution in [2.45, 2.75) is 6.42 Å². The number of amides is 2. The van der Waals surface area contributed by atoms with E-state index in [0.717, 1.165) is 16.5 Å². The van der Waals surface area contributed by atoms with E-state index in [1.807, 2.05) is 6.07 Å². The van der Waals surface area contributed by atoms with Gasteiger partial charge in [-0.05, 0) is 48.0 Å². The number of nitrogens with zero attached hydrogens (tertiary/aromatic N) is 1. The number of anilines is 1. The fraction of sp³-hybridized carbons (Fsp3) is 0.0455. The van der Waals surface area contributed by atoms with Crippen LogP contribution in [0.15, 0.2) is 60.7 Å². The smallest absolute Gasteiger partial charge is 0.248 e. The molecule has 150 valence electrons. The molecule has 4 rings (SSSR count). The highest BCUT2D eigenvalue weighted by Crippen LogP contribution is 2.29. The van der Waals surface area contributed by atoms with Gasteiger partial charge in [-0.2, -0.15) is 5.10 Å². The molecule has 0 radical (unpaired) electrons. The van der Waals surface area contributed by atoms with Crippen molar-refractivity contribution in [1.82, 2.24) is 10.2 Å². The highest BCUT2D eigenvalue weighted by atomic mass is 35.5. The molecule has 2 amide bonds. The van der Waals surface area contributed by atoms with E-state index in [1.165, 1.54) is 18.2 Å². The Bertz CT molecular complexity index is 1290. The molecule has 0 spiro atoms. The number of rotatable bonds is 5. The fourth-order valence-electron chi connectivity index (χ4n) is 3.17. The number of halogens is 2. The van der Waals surface area contributed by atoms with Gasteiger partial charge in [0.25, 0.3) is 0 Å². The lowest BCUT2D eigenvalue weighted by Crippen LogP contribution is -2.14. The molecule has 0 aliphatic rings. The Balaban J connectivity index is 1.58. The first-order valence-electron chi connectivity index (χ1n) is 9.03. The molecule has 4 aromatic rings. The molecule has 6 nitrogen and oxygen atoms in total. The van der Waals surface area contributed by atoms with Crippen molar-refractivity contribution in [3.05, 3.63) is 82.6 Å². The van der Waals surface area contributed by atoms with Crippen LogP contribution in [0.1, 0.15) is 15.9 Å². The van der Waals surface area contributed by atoms with Crippen molar-refractivity contribution in [2.24, 2.45) is 5.73 Å². The van der Waals surface area contributed by atoms with E-state index in [0.29, 0.717) is 22.5 Å². The zero-order chi connectivity index (χ0) is 21.3. The molecule has 0 atom stereocenters. The lowest BCUT2D eigenvalue weighted by Gasteiger charge is -2.08. The second-order valence-electron chi connectivity index (χ2n) is 6.74. The second kappa shape index (κ2) is 7.96. The van der Waals surface area contributed by atoms with Crippen LogP contribution in [0.4, 0.5) is 10.1 Å². The van der Waals surface area contributed by atoms with Gasteiger partial charge < -0.3 is 11.1 Å². The molecule has 0 bridgehead atoms. The summed E-state index contributed by atoms with van der Waals surface area (Å²) in [5, 5.41) is 11.0. The third-order valence-electron chi connectivity index (χ3n) is 4.63. The van der Waals surface area contributed by atoms with Crippen LogP contribution < -0.4 is 11.1 Å². The first kappa shape index (κ1) is 19.6. The highest BCUT2D eigenvalue weighted by molar-refractivity contribution is 6.31. The predicted octanol–water partition coefficient (Wildman–Crippen LogP) is 4.30. The molecular formula is C22H16ClFN4O2. The van der Waals surface area contributed by atoms with Gasteiger partial charge in [0.15, 0.2) is 0 Å². The number of H-pyrrole nitrogens is 1. The summed E-state index contributed by atoms with van der Waals surface area (Å²) in [4.78, 5) is 23.9. The molecule has 1 heterocycles. The summed E-state index contributed by atoms with van der Waals surface area (Å²) in [6, 6.07) is 16.1. The van der Waals surface area contributed by atoms with Crippen LogP contribution in [0.5, 0.6) is 0 Å². The van der Waals surface area contributed by atoms with E-state index < -0.39 is 11.7 Å². The van der Waals surface area contributed by atoms with Crippen molar-refractivity contribution in [1.29, 1.82) is 0 Å². The van der Waals surface area contributed by atoms with Gasteiger partial charge in [0, 0.05) is 27.2 Å². The van der Waals surface area contributed by atoms with Crippen molar-refractivity contribution in [3.63, 3.8) is 0 Å². The van der Waals surface area contributed by atoms with Crippen LogP contribution in [-0.2, 0) is 11.2 Å². The quantitative estimate of drug-likeness (QED) is 0.447. The molecule has 8 heteroatoms. The number of hydrogen-bond acceptors (Lipinski definition) is 3. The Kier molecular flexibility index (Phi) is 5.20. The molecule has 1 aromatic heterocycles. The van der Waals surface area contributed by atoms with Crippen LogP contribution in [-0.4, -0.2) is 22.0 Å². The molecule has 30 heavy (non-hydrogen) atoms.